The lowest BCUT2D eigenvalue weighted by Gasteiger charge is -2.06. The minimum absolute atomic E-state index is 0.695. The first-order chi connectivity index (χ1) is 6.38. The quantitative estimate of drug-likeness (QED) is 0.656. The summed E-state index contributed by atoms with van der Waals surface area (Å²) in [6.45, 7) is 5.61. The molecule has 1 aromatic heterocycles. The summed E-state index contributed by atoms with van der Waals surface area (Å²) in [6, 6.07) is 0. The van der Waals surface area contributed by atoms with E-state index in [0.717, 1.165) is 30.9 Å². The summed E-state index contributed by atoms with van der Waals surface area (Å²) in [6.07, 6.45) is 2.26. The number of rotatable bonds is 6. The van der Waals surface area contributed by atoms with E-state index in [0.29, 0.717) is 6.61 Å². The second-order valence-corrected chi connectivity index (χ2v) is 3.48. The first-order valence-corrected chi connectivity index (χ1v) is 5.64. The predicted octanol–water partition coefficient (Wildman–Crippen LogP) is 3.33. The van der Waals surface area contributed by atoms with E-state index in [1.165, 1.54) is 0 Å². The molecular formula is C10H16O2S. The van der Waals surface area contributed by atoms with E-state index in [9.17, 15) is 0 Å². The van der Waals surface area contributed by atoms with Crippen LogP contribution in [-0.4, -0.2) is 13.2 Å². The maximum absolute atomic E-state index is 5.56. The molecule has 3 heteroatoms. The zero-order valence-electron chi connectivity index (χ0n) is 8.21. The number of thiophene rings is 1. The molecule has 0 bridgehead atoms. The van der Waals surface area contributed by atoms with Gasteiger partial charge in [-0.3, -0.25) is 0 Å². The summed E-state index contributed by atoms with van der Waals surface area (Å²) < 4.78 is 10.9. The van der Waals surface area contributed by atoms with Gasteiger partial charge in [-0.05, 0) is 13.3 Å². The van der Waals surface area contributed by atoms with Crippen LogP contribution in [0.25, 0.3) is 0 Å². The van der Waals surface area contributed by atoms with Crippen LogP contribution in [0, 0.1) is 0 Å². The van der Waals surface area contributed by atoms with Crippen molar-refractivity contribution in [1.82, 2.24) is 0 Å². The van der Waals surface area contributed by atoms with Crippen molar-refractivity contribution in [3.63, 3.8) is 0 Å². The van der Waals surface area contributed by atoms with E-state index in [1.807, 2.05) is 17.7 Å². The molecular weight excluding hydrogens is 184 g/mol. The molecule has 0 amide bonds. The molecule has 1 aromatic rings. The highest BCUT2D eigenvalue weighted by Gasteiger charge is 2.04. The Kier molecular flexibility index (Phi) is 4.68. The zero-order chi connectivity index (χ0) is 9.52. The van der Waals surface area contributed by atoms with Crippen molar-refractivity contribution < 1.29 is 9.47 Å². The molecule has 2 nitrogen and oxygen atoms in total. The molecule has 0 spiro atoms. The Morgan fingerprint density at radius 3 is 2.46 bits per heavy atom. The monoisotopic (exact) mass is 200 g/mol. The Bertz CT molecular complexity index is 233. The lowest BCUT2D eigenvalue weighted by molar-refractivity contribution is 0.275. The van der Waals surface area contributed by atoms with Gasteiger partial charge in [0.25, 0.3) is 0 Å². The topological polar surface area (TPSA) is 18.5 Å². The zero-order valence-corrected chi connectivity index (χ0v) is 9.02. The summed E-state index contributed by atoms with van der Waals surface area (Å²) in [7, 11) is 0. The average Bonchev–Trinajstić information content (AvgIpc) is 2.54. The molecule has 13 heavy (non-hydrogen) atoms. The molecule has 1 rings (SSSR count). The molecule has 0 aromatic carbocycles. The molecule has 0 N–H and O–H groups in total. The van der Waals surface area contributed by atoms with Crippen molar-refractivity contribution in [2.45, 2.75) is 26.7 Å². The van der Waals surface area contributed by atoms with E-state index in [-0.39, 0.29) is 0 Å². The van der Waals surface area contributed by atoms with E-state index < -0.39 is 0 Å². The number of hydrogen-bond acceptors (Lipinski definition) is 3. The summed E-state index contributed by atoms with van der Waals surface area (Å²) in [5.74, 6) is 1.77. The van der Waals surface area contributed by atoms with Gasteiger partial charge in [-0.25, -0.2) is 0 Å². The molecule has 0 saturated carbocycles. The van der Waals surface area contributed by atoms with Gasteiger partial charge >= 0.3 is 0 Å². The predicted molar refractivity (Wildman–Crippen MR) is 55.9 cm³/mol. The molecule has 0 fully saturated rings. The molecule has 0 atom stereocenters. The standard InChI is InChI=1S/C10H16O2S/c1-3-5-6-12-10-8-13-7-9(10)11-4-2/h7-8H,3-6H2,1-2H3. The van der Waals surface area contributed by atoms with Gasteiger partial charge in [0.05, 0.1) is 13.2 Å². The van der Waals surface area contributed by atoms with Crippen molar-refractivity contribution in [3.05, 3.63) is 10.8 Å². The fourth-order valence-electron chi connectivity index (χ4n) is 0.966. The minimum Gasteiger partial charge on any atom is -0.489 e. The van der Waals surface area contributed by atoms with Gasteiger partial charge < -0.3 is 9.47 Å². The minimum atomic E-state index is 0.695. The molecule has 0 radical (unpaired) electrons. The van der Waals surface area contributed by atoms with Crippen LogP contribution in [0.1, 0.15) is 26.7 Å². The number of unbranched alkanes of at least 4 members (excludes halogenated alkanes) is 1. The molecule has 0 aliphatic rings. The van der Waals surface area contributed by atoms with Gasteiger partial charge in [0.2, 0.25) is 0 Å². The van der Waals surface area contributed by atoms with Crippen molar-refractivity contribution in [2.24, 2.45) is 0 Å². The van der Waals surface area contributed by atoms with Crippen LogP contribution >= 0.6 is 11.3 Å². The highest BCUT2D eigenvalue weighted by atomic mass is 32.1. The Morgan fingerprint density at radius 1 is 1.15 bits per heavy atom. The van der Waals surface area contributed by atoms with E-state index in [4.69, 9.17) is 9.47 Å². The van der Waals surface area contributed by atoms with Gasteiger partial charge in [-0.2, -0.15) is 0 Å². The molecule has 0 aliphatic carbocycles. The van der Waals surface area contributed by atoms with Crippen molar-refractivity contribution >= 4 is 11.3 Å². The Hall–Kier alpha value is -0.700. The normalized spacial score (nSPS) is 10.0. The van der Waals surface area contributed by atoms with Crippen LogP contribution in [0.5, 0.6) is 11.5 Å². The van der Waals surface area contributed by atoms with Crippen LogP contribution in [-0.2, 0) is 0 Å². The van der Waals surface area contributed by atoms with Gasteiger partial charge in [-0.1, -0.05) is 13.3 Å². The van der Waals surface area contributed by atoms with Crippen LogP contribution in [0.2, 0.25) is 0 Å². The molecule has 0 saturated heterocycles. The van der Waals surface area contributed by atoms with Crippen LogP contribution in [0.3, 0.4) is 0 Å². The summed E-state index contributed by atoms with van der Waals surface area (Å²) in [4.78, 5) is 0. The lowest BCUT2D eigenvalue weighted by atomic mass is 10.4. The van der Waals surface area contributed by atoms with Gasteiger partial charge in [0.15, 0.2) is 11.5 Å². The van der Waals surface area contributed by atoms with E-state index in [1.54, 1.807) is 11.3 Å². The first kappa shape index (κ1) is 10.4. The fraction of sp³-hybridized carbons (Fsp3) is 0.600. The van der Waals surface area contributed by atoms with E-state index >= 15 is 0 Å². The SMILES string of the molecule is CCCCOc1cscc1OCC. The fourth-order valence-corrected chi connectivity index (χ4v) is 1.65. The second-order valence-electron chi connectivity index (χ2n) is 2.74. The molecule has 0 aliphatic heterocycles. The third kappa shape index (κ3) is 3.27. The first-order valence-electron chi connectivity index (χ1n) is 4.70. The molecule has 74 valence electrons. The summed E-state index contributed by atoms with van der Waals surface area (Å²) in [5, 5.41) is 3.96. The Labute approximate surface area is 83.5 Å². The van der Waals surface area contributed by atoms with Gasteiger partial charge in [-0.15, -0.1) is 11.3 Å². The largest absolute Gasteiger partial charge is 0.489 e. The number of hydrogen-bond donors (Lipinski definition) is 0. The summed E-state index contributed by atoms with van der Waals surface area (Å²) >= 11 is 1.61. The second kappa shape index (κ2) is 5.86. The maximum atomic E-state index is 5.56. The van der Waals surface area contributed by atoms with Crippen molar-refractivity contribution in [1.29, 1.82) is 0 Å². The van der Waals surface area contributed by atoms with Crippen LogP contribution in [0.4, 0.5) is 0 Å². The smallest absolute Gasteiger partial charge is 0.171 e. The average molecular weight is 200 g/mol. The van der Waals surface area contributed by atoms with Crippen LogP contribution in [0.15, 0.2) is 10.8 Å². The lowest BCUT2D eigenvalue weighted by Crippen LogP contribution is -1.98. The van der Waals surface area contributed by atoms with Gasteiger partial charge in [0.1, 0.15) is 0 Å². The highest BCUT2D eigenvalue weighted by molar-refractivity contribution is 7.08. The molecule has 0 unspecified atom stereocenters. The van der Waals surface area contributed by atoms with Crippen molar-refractivity contribution in [3.8, 4) is 11.5 Å². The maximum Gasteiger partial charge on any atom is 0.171 e. The van der Waals surface area contributed by atoms with Gasteiger partial charge in [0, 0.05) is 10.8 Å². The van der Waals surface area contributed by atoms with Crippen molar-refractivity contribution in [2.75, 3.05) is 13.2 Å². The Morgan fingerprint density at radius 2 is 1.85 bits per heavy atom. The van der Waals surface area contributed by atoms with E-state index in [2.05, 4.69) is 6.92 Å². The van der Waals surface area contributed by atoms with Crippen LogP contribution < -0.4 is 9.47 Å². The Balaban J connectivity index is 2.40. The number of ether oxygens (including phenoxy) is 2. The summed E-state index contributed by atoms with van der Waals surface area (Å²) in [5.41, 5.74) is 0. The molecule has 1 heterocycles. The highest BCUT2D eigenvalue weighted by Crippen LogP contribution is 2.31. The third-order valence-electron chi connectivity index (χ3n) is 1.65. The third-order valence-corrected chi connectivity index (χ3v) is 2.35.